The third-order valence-corrected chi connectivity index (χ3v) is 5.04. The van der Waals surface area contributed by atoms with Crippen LogP contribution in [0.1, 0.15) is 28.5 Å². The van der Waals surface area contributed by atoms with E-state index in [-0.39, 0.29) is 17.2 Å². The highest BCUT2D eigenvalue weighted by Gasteiger charge is 2.48. The lowest BCUT2D eigenvalue weighted by Crippen LogP contribution is -2.29. The molecular formula is C23H20N2O5. The van der Waals surface area contributed by atoms with Gasteiger partial charge in [-0.1, -0.05) is 47.1 Å². The Bertz CT molecular complexity index is 1160. The summed E-state index contributed by atoms with van der Waals surface area (Å²) in [6, 6.07) is 14.8. The van der Waals surface area contributed by atoms with Crippen molar-refractivity contribution in [2.24, 2.45) is 0 Å². The lowest BCUT2D eigenvalue weighted by Gasteiger charge is -2.23. The number of carbonyl (C=O) groups excluding carboxylic acids is 2. The van der Waals surface area contributed by atoms with Gasteiger partial charge in [-0.3, -0.25) is 14.5 Å². The number of anilines is 1. The number of benzene rings is 2. The van der Waals surface area contributed by atoms with Crippen LogP contribution >= 0.6 is 0 Å². The van der Waals surface area contributed by atoms with Gasteiger partial charge in [-0.25, -0.2) is 0 Å². The molecule has 0 bridgehead atoms. The van der Waals surface area contributed by atoms with Crippen LogP contribution in [0.2, 0.25) is 0 Å². The summed E-state index contributed by atoms with van der Waals surface area (Å²) in [5.41, 5.74) is 2.06. The highest BCUT2D eigenvalue weighted by atomic mass is 16.5. The van der Waals surface area contributed by atoms with Crippen LogP contribution in [0.5, 0.6) is 5.75 Å². The second-order valence-electron chi connectivity index (χ2n) is 7.11. The summed E-state index contributed by atoms with van der Waals surface area (Å²) in [6.07, 6.45) is 0. The van der Waals surface area contributed by atoms with Gasteiger partial charge in [0.1, 0.15) is 17.3 Å². The molecule has 0 spiro atoms. The maximum Gasteiger partial charge on any atom is 0.301 e. The number of aliphatic hydroxyl groups is 1. The zero-order chi connectivity index (χ0) is 21.4. The number of aryl methyl sites for hydroxylation is 2. The number of rotatable bonds is 4. The maximum absolute atomic E-state index is 13.0. The van der Waals surface area contributed by atoms with Crippen molar-refractivity contribution in [1.29, 1.82) is 0 Å². The van der Waals surface area contributed by atoms with E-state index in [1.807, 2.05) is 31.2 Å². The van der Waals surface area contributed by atoms with Crippen LogP contribution in [-0.2, 0) is 9.59 Å². The first-order chi connectivity index (χ1) is 14.4. The standard InChI is InChI=1S/C23H20N2O5/c1-13-7-9-15(10-8-13)20-19(21(26)16-5-4-6-17(12-16)29-3)22(27)23(28)25(20)18-11-14(2)30-24-18/h4-12,20,26H,1-3H3/t20-/m1/s1. The van der Waals surface area contributed by atoms with Crippen molar-refractivity contribution in [2.75, 3.05) is 12.0 Å². The third kappa shape index (κ3) is 3.24. The van der Waals surface area contributed by atoms with E-state index in [4.69, 9.17) is 9.26 Å². The Balaban J connectivity index is 1.94. The van der Waals surface area contributed by atoms with Crippen molar-refractivity contribution < 1.29 is 24.0 Å². The summed E-state index contributed by atoms with van der Waals surface area (Å²) < 4.78 is 10.3. The second-order valence-corrected chi connectivity index (χ2v) is 7.11. The fourth-order valence-corrected chi connectivity index (χ4v) is 3.53. The molecular weight excluding hydrogens is 384 g/mol. The van der Waals surface area contributed by atoms with Crippen LogP contribution < -0.4 is 9.64 Å². The Morgan fingerprint density at radius 3 is 2.47 bits per heavy atom. The predicted octanol–water partition coefficient (Wildman–Crippen LogP) is 3.93. The Kier molecular flexibility index (Phi) is 4.87. The molecule has 4 rings (SSSR count). The quantitative estimate of drug-likeness (QED) is 0.402. The molecule has 2 heterocycles. The molecule has 1 aromatic heterocycles. The van der Waals surface area contributed by atoms with Crippen molar-refractivity contribution in [3.05, 3.63) is 82.6 Å². The molecule has 0 unspecified atom stereocenters. The Labute approximate surface area is 173 Å². The van der Waals surface area contributed by atoms with Gasteiger partial charge in [-0.2, -0.15) is 0 Å². The summed E-state index contributed by atoms with van der Waals surface area (Å²) in [7, 11) is 1.51. The molecule has 0 saturated carbocycles. The fourth-order valence-electron chi connectivity index (χ4n) is 3.53. The normalized spacial score (nSPS) is 18.1. The van der Waals surface area contributed by atoms with E-state index in [0.29, 0.717) is 22.6 Å². The zero-order valence-electron chi connectivity index (χ0n) is 16.7. The minimum absolute atomic E-state index is 0.0160. The van der Waals surface area contributed by atoms with Crippen molar-refractivity contribution in [2.45, 2.75) is 19.9 Å². The first kappa shape index (κ1) is 19.4. The van der Waals surface area contributed by atoms with E-state index >= 15 is 0 Å². The number of hydrogen-bond donors (Lipinski definition) is 1. The number of aromatic nitrogens is 1. The number of carbonyl (C=O) groups is 2. The Morgan fingerprint density at radius 2 is 1.83 bits per heavy atom. The molecule has 7 heteroatoms. The van der Waals surface area contributed by atoms with Crippen molar-refractivity contribution in [3.8, 4) is 5.75 Å². The average Bonchev–Trinajstić information content (AvgIpc) is 3.29. The Morgan fingerprint density at radius 1 is 1.10 bits per heavy atom. The number of aliphatic hydroxyl groups excluding tert-OH is 1. The van der Waals surface area contributed by atoms with Crippen LogP contribution in [0.4, 0.5) is 5.82 Å². The van der Waals surface area contributed by atoms with Gasteiger partial charge in [-0.05, 0) is 31.5 Å². The van der Waals surface area contributed by atoms with Crippen LogP contribution in [0.25, 0.3) is 5.76 Å². The van der Waals surface area contributed by atoms with Gasteiger partial charge < -0.3 is 14.4 Å². The van der Waals surface area contributed by atoms with E-state index in [0.717, 1.165) is 5.56 Å². The van der Waals surface area contributed by atoms with Crippen LogP contribution in [0.3, 0.4) is 0 Å². The highest BCUT2D eigenvalue weighted by molar-refractivity contribution is 6.51. The molecule has 1 amide bonds. The number of Topliss-reactive ketones (excluding diaryl/α,β-unsaturated/α-hetero) is 1. The van der Waals surface area contributed by atoms with Gasteiger partial charge >= 0.3 is 5.91 Å². The average molecular weight is 404 g/mol. The van der Waals surface area contributed by atoms with Crippen molar-refractivity contribution >= 4 is 23.3 Å². The van der Waals surface area contributed by atoms with Gasteiger partial charge in [0, 0.05) is 11.6 Å². The fraction of sp³-hybridized carbons (Fsp3) is 0.174. The molecule has 1 fully saturated rings. The molecule has 0 radical (unpaired) electrons. The second kappa shape index (κ2) is 7.51. The van der Waals surface area contributed by atoms with Gasteiger partial charge in [-0.15, -0.1) is 0 Å². The number of amides is 1. The summed E-state index contributed by atoms with van der Waals surface area (Å²) in [5.74, 6) is -0.611. The molecule has 1 N–H and O–H groups in total. The molecule has 7 nitrogen and oxygen atoms in total. The predicted molar refractivity (Wildman–Crippen MR) is 110 cm³/mol. The monoisotopic (exact) mass is 404 g/mol. The summed E-state index contributed by atoms with van der Waals surface area (Å²) >= 11 is 0. The lowest BCUT2D eigenvalue weighted by atomic mass is 9.94. The van der Waals surface area contributed by atoms with Crippen LogP contribution in [0, 0.1) is 13.8 Å². The van der Waals surface area contributed by atoms with Crippen LogP contribution in [-0.4, -0.2) is 29.1 Å². The number of ketones is 1. The lowest BCUT2D eigenvalue weighted by molar-refractivity contribution is -0.132. The zero-order valence-corrected chi connectivity index (χ0v) is 16.7. The van der Waals surface area contributed by atoms with Crippen LogP contribution in [0.15, 0.2) is 64.7 Å². The smallest absolute Gasteiger partial charge is 0.301 e. The van der Waals surface area contributed by atoms with E-state index in [1.54, 1.807) is 37.3 Å². The summed E-state index contributed by atoms with van der Waals surface area (Å²) in [4.78, 5) is 27.2. The molecule has 152 valence electrons. The first-order valence-electron chi connectivity index (χ1n) is 9.36. The molecule has 30 heavy (non-hydrogen) atoms. The molecule has 1 aliphatic heterocycles. The number of ether oxygens (including phenoxy) is 1. The van der Waals surface area contributed by atoms with E-state index in [2.05, 4.69) is 5.16 Å². The van der Waals surface area contributed by atoms with E-state index in [9.17, 15) is 14.7 Å². The largest absolute Gasteiger partial charge is 0.507 e. The van der Waals surface area contributed by atoms with E-state index in [1.165, 1.54) is 12.0 Å². The first-order valence-corrected chi connectivity index (χ1v) is 9.36. The molecule has 3 aromatic rings. The van der Waals surface area contributed by atoms with Crippen molar-refractivity contribution in [3.63, 3.8) is 0 Å². The van der Waals surface area contributed by atoms with Gasteiger partial charge in [0.2, 0.25) is 0 Å². The topological polar surface area (TPSA) is 92.9 Å². The molecule has 0 aliphatic carbocycles. The minimum Gasteiger partial charge on any atom is -0.507 e. The van der Waals surface area contributed by atoms with Gasteiger partial charge in [0.25, 0.3) is 5.78 Å². The number of hydrogen-bond acceptors (Lipinski definition) is 6. The third-order valence-electron chi connectivity index (χ3n) is 5.04. The Hall–Kier alpha value is -3.87. The van der Waals surface area contributed by atoms with E-state index < -0.39 is 17.7 Å². The number of nitrogens with zero attached hydrogens (tertiary/aromatic N) is 2. The molecule has 1 saturated heterocycles. The maximum atomic E-state index is 13.0. The van der Waals surface area contributed by atoms with Gasteiger partial charge in [0.15, 0.2) is 5.82 Å². The van der Waals surface area contributed by atoms with Crippen molar-refractivity contribution in [1.82, 2.24) is 5.16 Å². The highest BCUT2D eigenvalue weighted by Crippen LogP contribution is 2.42. The summed E-state index contributed by atoms with van der Waals surface area (Å²) in [5, 5.41) is 15.0. The minimum atomic E-state index is -0.846. The number of methoxy groups -OCH3 is 1. The molecule has 2 aromatic carbocycles. The summed E-state index contributed by atoms with van der Waals surface area (Å²) in [6.45, 7) is 3.64. The molecule has 1 atom stereocenters. The van der Waals surface area contributed by atoms with Gasteiger partial charge in [0.05, 0.1) is 18.7 Å². The SMILES string of the molecule is COc1cccc(C(O)=C2C(=O)C(=O)N(c3cc(C)on3)[C@@H]2c2ccc(C)cc2)c1. The molecule has 1 aliphatic rings.